The van der Waals surface area contributed by atoms with Crippen molar-refractivity contribution in [3.63, 3.8) is 0 Å². The summed E-state index contributed by atoms with van der Waals surface area (Å²) in [5, 5.41) is 9.11. The maximum Gasteiger partial charge on any atom is 0.416 e. The third kappa shape index (κ3) is 7.62. The summed E-state index contributed by atoms with van der Waals surface area (Å²) in [5.41, 5.74) is 1.47. The largest absolute Gasteiger partial charge is 0.497 e. The number of anilines is 1. The lowest BCUT2D eigenvalue weighted by Crippen LogP contribution is -2.38. The molecule has 2 aromatic carbocycles. The third-order valence-electron chi connectivity index (χ3n) is 10.2. The van der Waals surface area contributed by atoms with Crippen LogP contribution in [0.4, 0.5) is 18.9 Å². The first kappa shape index (κ1) is 34.0. The van der Waals surface area contributed by atoms with Gasteiger partial charge in [0, 0.05) is 82.8 Å². The fourth-order valence-corrected chi connectivity index (χ4v) is 7.81. The molecule has 3 aliphatic rings. The van der Waals surface area contributed by atoms with Gasteiger partial charge in [0.05, 0.1) is 25.2 Å². The van der Waals surface area contributed by atoms with Gasteiger partial charge in [-0.1, -0.05) is 31.0 Å². The Balaban J connectivity index is 1.42. The second kappa shape index (κ2) is 14.6. The summed E-state index contributed by atoms with van der Waals surface area (Å²) >= 11 is 0. The summed E-state index contributed by atoms with van der Waals surface area (Å²) in [4.78, 5) is 31.7. The average Bonchev–Trinajstić information content (AvgIpc) is 3.80. The fourth-order valence-electron chi connectivity index (χ4n) is 7.81. The number of halogens is 3. The molecule has 252 valence electrons. The number of likely N-dealkylation sites (tertiary alicyclic amines) is 2. The molecule has 0 bridgehead atoms. The van der Waals surface area contributed by atoms with Crippen LogP contribution >= 0.6 is 0 Å². The van der Waals surface area contributed by atoms with E-state index in [9.17, 15) is 22.8 Å². The van der Waals surface area contributed by atoms with Crippen molar-refractivity contribution in [2.45, 2.75) is 62.6 Å². The number of nitrogens with zero attached hydrogens (tertiary/aromatic N) is 3. The number of aliphatic carboxylic acids is 1. The molecule has 2 heterocycles. The summed E-state index contributed by atoms with van der Waals surface area (Å²) in [6.45, 7) is 2.98. The van der Waals surface area contributed by atoms with Crippen molar-refractivity contribution < 1.29 is 37.3 Å². The van der Waals surface area contributed by atoms with Crippen LogP contribution in [0.3, 0.4) is 0 Å². The van der Waals surface area contributed by atoms with E-state index in [4.69, 9.17) is 14.6 Å². The summed E-state index contributed by atoms with van der Waals surface area (Å²) in [6.07, 6.45) is 0.404. The maximum absolute atomic E-state index is 14.5. The highest BCUT2D eigenvalue weighted by atomic mass is 19.4. The first-order valence-corrected chi connectivity index (χ1v) is 16.3. The number of rotatable bonds is 12. The molecule has 8 nitrogen and oxygen atoms in total. The Morgan fingerprint density at radius 2 is 1.70 bits per heavy atom. The molecule has 11 heteroatoms. The van der Waals surface area contributed by atoms with E-state index in [1.807, 2.05) is 17.0 Å². The van der Waals surface area contributed by atoms with Crippen LogP contribution in [0, 0.1) is 11.8 Å². The van der Waals surface area contributed by atoms with E-state index < -0.39 is 17.7 Å². The number of hydrogen-bond donors (Lipinski definition) is 1. The number of carboxylic acid groups (broad SMARTS) is 1. The molecule has 3 fully saturated rings. The average molecular weight is 646 g/mol. The summed E-state index contributed by atoms with van der Waals surface area (Å²) in [7, 11) is 4.93. The van der Waals surface area contributed by atoms with E-state index >= 15 is 0 Å². The molecule has 1 aliphatic carbocycles. The molecule has 0 radical (unpaired) electrons. The summed E-state index contributed by atoms with van der Waals surface area (Å²) in [6, 6.07) is 12.3. The minimum Gasteiger partial charge on any atom is -0.497 e. The third-order valence-corrected chi connectivity index (χ3v) is 10.2. The molecule has 0 aromatic heterocycles. The van der Waals surface area contributed by atoms with Crippen molar-refractivity contribution in [3.8, 4) is 5.75 Å². The molecule has 4 atom stereocenters. The zero-order chi connectivity index (χ0) is 33.0. The van der Waals surface area contributed by atoms with Gasteiger partial charge in [-0.3, -0.25) is 14.5 Å². The number of carbonyl (C=O) groups is 2. The van der Waals surface area contributed by atoms with Crippen LogP contribution in [-0.2, 0) is 20.5 Å². The van der Waals surface area contributed by atoms with Gasteiger partial charge < -0.3 is 24.4 Å². The molecule has 5 rings (SSSR count). The fraction of sp³-hybridized carbons (Fsp3) is 0.600. The number of amides is 1. The van der Waals surface area contributed by atoms with E-state index in [-0.39, 0.29) is 42.5 Å². The normalized spacial score (nSPS) is 24.1. The quantitative estimate of drug-likeness (QED) is 0.310. The van der Waals surface area contributed by atoms with Gasteiger partial charge >= 0.3 is 12.1 Å². The second-order valence-corrected chi connectivity index (χ2v) is 13.1. The SMILES string of the molecule is COC[C@H]1CN(C(=O)[C@@H]2CN(C3CCCC3)C[C@H]2c2ccc(OC)cc2)C[C@@H]1c1ccc(C(F)(F)F)cc1N(C)CCCC(=O)O. The Kier molecular flexibility index (Phi) is 10.8. The molecule has 1 N–H and O–H groups in total. The first-order chi connectivity index (χ1) is 22.0. The Labute approximate surface area is 269 Å². The minimum absolute atomic E-state index is 0.0286. The predicted octanol–water partition coefficient (Wildman–Crippen LogP) is 5.86. The molecular formula is C35H46F3N3O5. The first-order valence-electron chi connectivity index (χ1n) is 16.3. The number of carbonyl (C=O) groups excluding carboxylic acids is 1. The molecule has 1 amide bonds. The molecule has 0 unspecified atom stereocenters. The lowest BCUT2D eigenvalue weighted by Gasteiger charge is -2.28. The van der Waals surface area contributed by atoms with E-state index in [1.54, 1.807) is 26.2 Å². The second-order valence-electron chi connectivity index (χ2n) is 13.1. The van der Waals surface area contributed by atoms with Gasteiger partial charge in [-0.05, 0) is 54.7 Å². The van der Waals surface area contributed by atoms with Gasteiger partial charge in [0.15, 0.2) is 0 Å². The number of carboxylic acids is 1. The predicted molar refractivity (Wildman–Crippen MR) is 169 cm³/mol. The Hall–Kier alpha value is -3.31. The number of hydrogen-bond acceptors (Lipinski definition) is 6. The smallest absolute Gasteiger partial charge is 0.416 e. The van der Waals surface area contributed by atoms with E-state index in [0.29, 0.717) is 50.0 Å². The van der Waals surface area contributed by atoms with E-state index in [2.05, 4.69) is 17.0 Å². The summed E-state index contributed by atoms with van der Waals surface area (Å²) < 4.78 is 52.4. The van der Waals surface area contributed by atoms with Gasteiger partial charge in [-0.15, -0.1) is 0 Å². The Morgan fingerprint density at radius 3 is 2.33 bits per heavy atom. The van der Waals surface area contributed by atoms with Crippen molar-refractivity contribution in [2.75, 3.05) is 65.5 Å². The van der Waals surface area contributed by atoms with Gasteiger partial charge in [0.1, 0.15) is 5.75 Å². The Morgan fingerprint density at radius 1 is 0.978 bits per heavy atom. The molecule has 2 aliphatic heterocycles. The van der Waals surface area contributed by atoms with Crippen LogP contribution in [0.2, 0.25) is 0 Å². The highest BCUT2D eigenvalue weighted by Crippen LogP contribution is 2.44. The zero-order valence-corrected chi connectivity index (χ0v) is 27.0. The van der Waals surface area contributed by atoms with Crippen molar-refractivity contribution in [1.82, 2.24) is 9.80 Å². The molecule has 0 spiro atoms. The van der Waals surface area contributed by atoms with Crippen molar-refractivity contribution in [3.05, 3.63) is 59.2 Å². The standard InChI is InChI=1S/C35H46F3N3O5/c1-39(16-6-9-33(42)43)32-17-25(35(36,37)38)12-15-28(32)30-20-41(18-24(30)22-45-2)34(44)31-21-40(26-7-4-5-8-26)19-29(31)23-10-13-27(46-3)14-11-23/h10-15,17,24,26,29-31H,4-9,16,18-22H2,1-3H3,(H,42,43)/t24-,29+,30+,31-/m1/s1. The van der Waals surface area contributed by atoms with Crippen LogP contribution in [0.1, 0.15) is 67.1 Å². The van der Waals surface area contributed by atoms with Crippen LogP contribution in [0.15, 0.2) is 42.5 Å². The van der Waals surface area contributed by atoms with Gasteiger partial charge in [-0.2, -0.15) is 13.2 Å². The highest BCUT2D eigenvalue weighted by molar-refractivity contribution is 5.81. The van der Waals surface area contributed by atoms with Crippen LogP contribution in [-0.4, -0.2) is 93.4 Å². The minimum atomic E-state index is -4.52. The zero-order valence-electron chi connectivity index (χ0n) is 27.0. The van der Waals surface area contributed by atoms with E-state index in [1.165, 1.54) is 18.9 Å². The van der Waals surface area contributed by atoms with E-state index in [0.717, 1.165) is 42.8 Å². The monoisotopic (exact) mass is 645 g/mol. The molecule has 2 aromatic rings. The van der Waals surface area contributed by atoms with Crippen molar-refractivity contribution >= 4 is 17.6 Å². The highest BCUT2D eigenvalue weighted by Gasteiger charge is 2.46. The van der Waals surface area contributed by atoms with Crippen LogP contribution < -0.4 is 9.64 Å². The molecule has 2 saturated heterocycles. The summed E-state index contributed by atoms with van der Waals surface area (Å²) in [5.74, 6) is -0.661. The van der Waals surface area contributed by atoms with Gasteiger partial charge in [0.2, 0.25) is 5.91 Å². The maximum atomic E-state index is 14.5. The van der Waals surface area contributed by atoms with Gasteiger partial charge in [-0.25, -0.2) is 0 Å². The van der Waals surface area contributed by atoms with Crippen LogP contribution in [0.25, 0.3) is 0 Å². The molecule has 1 saturated carbocycles. The lowest BCUT2D eigenvalue weighted by molar-refractivity contribution is -0.138. The van der Waals surface area contributed by atoms with Crippen molar-refractivity contribution in [1.29, 1.82) is 0 Å². The Bertz CT molecular complexity index is 1350. The molecular weight excluding hydrogens is 599 g/mol. The number of methoxy groups -OCH3 is 2. The van der Waals surface area contributed by atoms with Crippen LogP contribution in [0.5, 0.6) is 5.75 Å². The lowest BCUT2D eigenvalue weighted by atomic mass is 9.87. The molecule has 46 heavy (non-hydrogen) atoms. The topological polar surface area (TPSA) is 82.6 Å². The number of ether oxygens (including phenoxy) is 2. The van der Waals surface area contributed by atoms with Crippen molar-refractivity contribution in [2.24, 2.45) is 11.8 Å². The van der Waals surface area contributed by atoms with Gasteiger partial charge in [0.25, 0.3) is 0 Å². The number of alkyl halides is 3. The number of benzene rings is 2.